The molecule has 0 unspecified atom stereocenters. The molecule has 0 amide bonds. The molecule has 17 heavy (non-hydrogen) atoms. The van der Waals surface area contributed by atoms with E-state index < -0.39 is 12.7 Å². The van der Waals surface area contributed by atoms with Crippen molar-refractivity contribution in [3.63, 3.8) is 0 Å². The predicted octanol–water partition coefficient (Wildman–Crippen LogP) is 1.20. The molecule has 2 aliphatic rings. The molecular formula is C10H16F3N3S. The summed E-state index contributed by atoms with van der Waals surface area (Å²) < 4.78 is 36.5. The maximum Gasteiger partial charge on any atom is 0.401 e. The van der Waals surface area contributed by atoms with Gasteiger partial charge in [0, 0.05) is 32.2 Å². The van der Waals surface area contributed by atoms with Crippen LogP contribution in [0.25, 0.3) is 0 Å². The summed E-state index contributed by atoms with van der Waals surface area (Å²) in [6.45, 7) is 1.19. The van der Waals surface area contributed by atoms with E-state index in [9.17, 15) is 13.2 Å². The van der Waals surface area contributed by atoms with Crippen LogP contribution < -0.4 is 5.32 Å². The summed E-state index contributed by atoms with van der Waals surface area (Å²) in [5.41, 5.74) is 0. The highest BCUT2D eigenvalue weighted by molar-refractivity contribution is 7.80. The van der Waals surface area contributed by atoms with Crippen LogP contribution in [0, 0.1) is 0 Å². The molecule has 1 saturated carbocycles. The van der Waals surface area contributed by atoms with E-state index in [0.29, 0.717) is 37.3 Å². The van der Waals surface area contributed by atoms with Gasteiger partial charge in [-0.15, -0.1) is 0 Å². The fraction of sp³-hybridized carbons (Fsp3) is 0.900. The van der Waals surface area contributed by atoms with E-state index in [1.54, 1.807) is 0 Å². The van der Waals surface area contributed by atoms with Gasteiger partial charge in [-0.05, 0) is 25.1 Å². The number of alkyl halides is 3. The Labute approximate surface area is 104 Å². The largest absolute Gasteiger partial charge is 0.401 e. The number of hydrogen-bond donors (Lipinski definition) is 1. The molecule has 3 nitrogen and oxygen atoms in total. The Morgan fingerprint density at radius 2 is 1.76 bits per heavy atom. The molecule has 0 aromatic carbocycles. The standard InChI is InChI=1S/C10H16F3N3S/c11-10(12,13)7-15-3-5-16(6-4-15)9(17)14-8-1-2-8/h8H,1-7H2,(H,14,17). The minimum atomic E-state index is -4.10. The Hall–Kier alpha value is -0.560. The normalized spacial score (nSPS) is 22.6. The highest BCUT2D eigenvalue weighted by atomic mass is 32.1. The lowest BCUT2D eigenvalue weighted by molar-refractivity contribution is -0.148. The van der Waals surface area contributed by atoms with Crippen LogP contribution in [0.1, 0.15) is 12.8 Å². The Bertz CT molecular complexity index is 283. The van der Waals surface area contributed by atoms with Crippen LogP contribution in [-0.2, 0) is 0 Å². The van der Waals surface area contributed by atoms with Gasteiger partial charge in [0.2, 0.25) is 0 Å². The van der Waals surface area contributed by atoms with Gasteiger partial charge in [0.15, 0.2) is 5.11 Å². The molecular weight excluding hydrogens is 251 g/mol. The van der Waals surface area contributed by atoms with E-state index in [2.05, 4.69) is 5.32 Å². The quantitative estimate of drug-likeness (QED) is 0.758. The monoisotopic (exact) mass is 267 g/mol. The summed E-state index contributed by atoms with van der Waals surface area (Å²) in [7, 11) is 0. The molecule has 1 saturated heterocycles. The van der Waals surface area contributed by atoms with Gasteiger partial charge in [-0.1, -0.05) is 0 Å². The second kappa shape index (κ2) is 4.97. The number of halogens is 3. The Morgan fingerprint density at radius 3 is 2.24 bits per heavy atom. The first-order valence-electron chi connectivity index (χ1n) is 5.78. The molecule has 0 spiro atoms. The zero-order valence-corrected chi connectivity index (χ0v) is 10.3. The Morgan fingerprint density at radius 1 is 1.18 bits per heavy atom. The van der Waals surface area contributed by atoms with Crippen LogP contribution in [0.2, 0.25) is 0 Å². The zero-order chi connectivity index (χ0) is 12.5. The van der Waals surface area contributed by atoms with Crippen molar-refractivity contribution in [1.29, 1.82) is 0 Å². The third-order valence-corrected chi connectivity index (χ3v) is 3.34. The lowest BCUT2D eigenvalue weighted by Gasteiger charge is -2.36. The Kier molecular flexibility index (Phi) is 3.77. The molecule has 1 heterocycles. The average Bonchev–Trinajstić information content (AvgIpc) is 3.00. The number of thiocarbonyl (C=S) groups is 1. The maximum atomic E-state index is 12.2. The molecule has 1 aliphatic heterocycles. The van der Waals surface area contributed by atoms with Crippen LogP contribution in [-0.4, -0.2) is 59.9 Å². The maximum absolute atomic E-state index is 12.2. The van der Waals surface area contributed by atoms with Gasteiger partial charge in [0.05, 0.1) is 6.54 Å². The smallest absolute Gasteiger partial charge is 0.360 e. The molecule has 0 bridgehead atoms. The van der Waals surface area contributed by atoms with Crippen molar-refractivity contribution in [3.05, 3.63) is 0 Å². The molecule has 0 radical (unpaired) electrons. The first-order chi connectivity index (χ1) is 7.94. The van der Waals surface area contributed by atoms with Crippen molar-refractivity contribution in [2.75, 3.05) is 32.7 Å². The Balaban J connectivity index is 1.71. The van der Waals surface area contributed by atoms with Gasteiger partial charge >= 0.3 is 6.18 Å². The summed E-state index contributed by atoms with van der Waals surface area (Å²) in [5.74, 6) is 0. The molecule has 1 aliphatic carbocycles. The third-order valence-electron chi connectivity index (χ3n) is 2.97. The molecule has 1 N–H and O–H groups in total. The topological polar surface area (TPSA) is 18.5 Å². The number of nitrogens with zero attached hydrogens (tertiary/aromatic N) is 2. The van der Waals surface area contributed by atoms with E-state index in [0.717, 1.165) is 12.8 Å². The highest BCUT2D eigenvalue weighted by Gasteiger charge is 2.32. The van der Waals surface area contributed by atoms with Crippen LogP contribution in [0.4, 0.5) is 13.2 Å². The predicted molar refractivity (Wildman–Crippen MR) is 62.8 cm³/mol. The average molecular weight is 267 g/mol. The lowest BCUT2D eigenvalue weighted by atomic mass is 10.3. The molecule has 98 valence electrons. The summed E-state index contributed by atoms with van der Waals surface area (Å²) in [6, 6.07) is 0.496. The van der Waals surface area contributed by atoms with E-state index >= 15 is 0 Å². The van der Waals surface area contributed by atoms with Gasteiger partial charge in [0.1, 0.15) is 0 Å². The third kappa shape index (κ3) is 4.31. The van der Waals surface area contributed by atoms with Crippen molar-refractivity contribution in [2.24, 2.45) is 0 Å². The van der Waals surface area contributed by atoms with Gasteiger partial charge in [-0.25, -0.2) is 0 Å². The van der Waals surface area contributed by atoms with Gasteiger partial charge in [-0.2, -0.15) is 13.2 Å². The summed E-state index contributed by atoms with van der Waals surface area (Å²) in [6.07, 6.45) is -1.81. The SMILES string of the molecule is FC(F)(F)CN1CCN(C(=S)NC2CC2)CC1. The fourth-order valence-electron chi connectivity index (χ4n) is 1.86. The van der Waals surface area contributed by atoms with E-state index in [1.807, 2.05) is 4.90 Å². The van der Waals surface area contributed by atoms with Crippen molar-refractivity contribution in [2.45, 2.75) is 25.1 Å². The molecule has 0 aromatic heterocycles. The van der Waals surface area contributed by atoms with E-state index in [4.69, 9.17) is 12.2 Å². The molecule has 0 atom stereocenters. The molecule has 0 aromatic rings. The van der Waals surface area contributed by atoms with Gasteiger partial charge < -0.3 is 10.2 Å². The number of piperazine rings is 1. The van der Waals surface area contributed by atoms with E-state index in [-0.39, 0.29) is 0 Å². The number of nitrogens with one attached hydrogen (secondary N) is 1. The van der Waals surface area contributed by atoms with Gasteiger partial charge in [-0.3, -0.25) is 4.90 Å². The summed E-state index contributed by atoms with van der Waals surface area (Å²) in [5, 5.41) is 3.90. The minimum absolute atomic E-state index is 0.423. The zero-order valence-electron chi connectivity index (χ0n) is 9.46. The second-order valence-corrected chi connectivity index (χ2v) is 4.99. The van der Waals surface area contributed by atoms with Crippen LogP contribution in [0.3, 0.4) is 0 Å². The molecule has 2 fully saturated rings. The number of rotatable bonds is 2. The van der Waals surface area contributed by atoms with Crippen LogP contribution in [0.5, 0.6) is 0 Å². The van der Waals surface area contributed by atoms with E-state index in [1.165, 1.54) is 4.90 Å². The lowest BCUT2D eigenvalue weighted by Crippen LogP contribution is -2.53. The summed E-state index contributed by atoms with van der Waals surface area (Å²) in [4.78, 5) is 3.39. The number of hydrogen-bond acceptors (Lipinski definition) is 2. The molecule has 7 heteroatoms. The van der Waals surface area contributed by atoms with Crippen molar-refractivity contribution in [3.8, 4) is 0 Å². The fourth-order valence-corrected chi connectivity index (χ4v) is 2.21. The first-order valence-corrected chi connectivity index (χ1v) is 6.19. The van der Waals surface area contributed by atoms with Crippen LogP contribution >= 0.6 is 12.2 Å². The first kappa shape index (κ1) is 12.9. The highest BCUT2D eigenvalue weighted by Crippen LogP contribution is 2.20. The minimum Gasteiger partial charge on any atom is -0.360 e. The van der Waals surface area contributed by atoms with Crippen molar-refractivity contribution in [1.82, 2.24) is 15.1 Å². The second-order valence-electron chi connectivity index (χ2n) is 4.60. The summed E-state index contributed by atoms with van der Waals surface area (Å²) >= 11 is 5.21. The van der Waals surface area contributed by atoms with Crippen LogP contribution in [0.15, 0.2) is 0 Å². The van der Waals surface area contributed by atoms with Crippen molar-refractivity contribution < 1.29 is 13.2 Å². The molecule has 2 rings (SSSR count). The van der Waals surface area contributed by atoms with Gasteiger partial charge in [0.25, 0.3) is 0 Å². The van der Waals surface area contributed by atoms with Crippen molar-refractivity contribution >= 4 is 17.3 Å².